The molecule has 0 atom stereocenters. The van der Waals surface area contributed by atoms with Gasteiger partial charge in [-0.1, -0.05) is 54.6 Å². The van der Waals surface area contributed by atoms with Crippen molar-refractivity contribution in [1.82, 2.24) is 0 Å². The van der Waals surface area contributed by atoms with Crippen LogP contribution in [0.5, 0.6) is 0 Å². The lowest BCUT2D eigenvalue weighted by atomic mass is 10.3. The van der Waals surface area contributed by atoms with Gasteiger partial charge in [0.05, 0.1) is 29.5 Å². The monoisotopic (exact) mass is 384 g/mol. The molecule has 3 aromatic rings. The Labute approximate surface area is 171 Å². The second kappa shape index (κ2) is 10.4. The van der Waals surface area contributed by atoms with Gasteiger partial charge < -0.3 is 0 Å². The Morgan fingerprint density at radius 3 is 1.79 bits per heavy atom. The molecule has 0 heterocycles. The summed E-state index contributed by atoms with van der Waals surface area (Å²) in [5.41, 5.74) is 6.46. The van der Waals surface area contributed by atoms with Crippen LogP contribution in [0.1, 0.15) is 0 Å². The number of benzene rings is 3. The number of rotatable bonds is 8. The first-order valence-corrected chi connectivity index (χ1v) is 9.26. The molecule has 0 radical (unpaired) electrons. The SMILES string of the molecule is CN(/N=C/C(/C=N/Nc1ccccc1)=N/N(C)c1ccccc1)c1ccccc1. The third-order valence-corrected chi connectivity index (χ3v) is 4.05. The quantitative estimate of drug-likeness (QED) is 0.452. The van der Waals surface area contributed by atoms with Crippen LogP contribution < -0.4 is 15.4 Å². The molecule has 3 rings (SSSR count). The predicted octanol–water partition coefficient (Wildman–Crippen LogP) is 4.70. The maximum Gasteiger partial charge on any atom is 0.124 e. The van der Waals surface area contributed by atoms with Crippen molar-refractivity contribution < 1.29 is 0 Å². The summed E-state index contributed by atoms with van der Waals surface area (Å²) in [6.45, 7) is 0. The Balaban J connectivity index is 1.78. The molecular weight excluding hydrogens is 360 g/mol. The number of hydrazone groups is 3. The Kier molecular flexibility index (Phi) is 7.12. The maximum absolute atomic E-state index is 4.63. The van der Waals surface area contributed by atoms with Crippen molar-refractivity contribution in [3.8, 4) is 0 Å². The highest BCUT2D eigenvalue weighted by atomic mass is 15.5. The molecule has 0 fully saturated rings. The maximum atomic E-state index is 4.63. The van der Waals surface area contributed by atoms with E-state index in [1.807, 2.05) is 105 Å². The van der Waals surface area contributed by atoms with E-state index in [0.717, 1.165) is 17.1 Å². The molecule has 6 nitrogen and oxygen atoms in total. The normalized spacial score (nSPS) is 11.7. The van der Waals surface area contributed by atoms with Gasteiger partial charge in [-0.3, -0.25) is 15.4 Å². The fraction of sp³-hybridized carbons (Fsp3) is 0.0870. The highest BCUT2D eigenvalue weighted by Gasteiger charge is 2.01. The number of para-hydroxylation sites is 3. The van der Waals surface area contributed by atoms with E-state index in [1.54, 1.807) is 22.4 Å². The summed E-state index contributed by atoms with van der Waals surface area (Å²) in [7, 11) is 3.78. The fourth-order valence-electron chi connectivity index (χ4n) is 2.50. The first kappa shape index (κ1) is 19.8. The van der Waals surface area contributed by atoms with E-state index < -0.39 is 0 Å². The zero-order valence-corrected chi connectivity index (χ0v) is 16.6. The molecule has 0 bridgehead atoms. The van der Waals surface area contributed by atoms with Crippen molar-refractivity contribution in [1.29, 1.82) is 0 Å². The van der Waals surface area contributed by atoms with Crippen LogP contribution in [-0.4, -0.2) is 32.2 Å². The lowest BCUT2D eigenvalue weighted by Gasteiger charge is -2.14. The molecule has 0 aromatic heterocycles. The van der Waals surface area contributed by atoms with E-state index in [-0.39, 0.29) is 0 Å². The number of nitrogens with zero attached hydrogens (tertiary/aromatic N) is 5. The van der Waals surface area contributed by atoms with Gasteiger partial charge in [0.2, 0.25) is 0 Å². The third-order valence-electron chi connectivity index (χ3n) is 4.05. The zero-order valence-electron chi connectivity index (χ0n) is 16.6. The van der Waals surface area contributed by atoms with E-state index in [2.05, 4.69) is 20.7 Å². The van der Waals surface area contributed by atoms with Crippen LogP contribution in [0.25, 0.3) is 0 Å². The molecule has 0 aliphatic heterocycles. The molecule has 0 saturated heterocycles. The van der Waals surface area contributed by atoms with Crippen LogP contribution in [-0.2, 0) is 0 Å². The molecule has 146 valence electrons. The standard InChI is InChI=1S/C23H24N6/c1-28(22-14-8-4-9-15-22)25-19-21(18-24-26-20-12-6-3-7-13-20)27-29(2)23-16-10-5-11-17-23/h3-19,26H,1-2H3/b24-18+,25-19+,27-21+. The van der Waals surface area contributed by atoms with Gasteiger partial charge in [0.1, 0.15) is 5.71 Å². The highest BCUT2D eigenvalue weighted by molar-refractivity contribution is 6.56. The largest absolute Gasteiger partial charge is 0.278 e. The molecular formula is C23H24N6. The topological polar surface area (TPSA) is 55.6 Å². The Morgan fingerprint density at radius 1 is 0.690 bits per heavy atom. The van der Waals surface area contributed by atoms with E-state index >= 15 is 0 Å². The van der Waals surface area contributed by atoms with Crippen LogP contribution in [0.2, 0.25) is 0 Å². The van der Waals surface area contributed by atoms with Gasteiger partial charge in [-0.2, -0.15) is 15.3 Å². The summed E-state index contributed by atoms with van der Waals surface area (Å²) in [6.07, 6.45) is 3.33. The van der Waals surface area contributed by atoms with Gasteiger partial charge in [0.25, 0.3) is 0 Å². The van der Waals surface area contributed by atoms with Crippen LogP contribution in [0, 0.1) is 0 Å². The molecule has 3 aromatic carbocycles. The molecule has 1 N–H and O–H groups in total. The van der Waals surface area contributed by atoms with E-state index in [4.69, 9.17) is 0 Å². The van der Waals surface area contributed by atoms with Crippen LogP contribution in [0.3, 0.4) is 0 Å². The van der Waals surface area contributed by atoms with Gasteiger partial charge in [0, 0.05) is 14.1 Å². The number of hydrogen-bond donors (Lipinski definition) is 1. The van der Waals surface area contributed by atoms with Gasteiger partial charge in [0.15, 0.2) is 0 Å². The van der Waals surface area contributed by atoms with Gasteiger partial charge in [-0.15, -0.1) is 0 Å². The van der Waals surface area contributed by atoms with Crippen molar-refractivity contribution in [3.05, 3.63) is 91.0 Å². The van der Waals surface area contributed by atoms with Crippen molar-refractivity contribution >= 4 is 35.2 Å². The number of anilines is 3. The molecule has 0 aliphatic carbocycles. The van der Waals surface area contributed by atoms with E-state index in [9.17, 15) is 0 Å². The zero-order chi connectivity index (χ0) is 20.3. The molecule has 0 unspecified atom stereocenters. The van der Waals surface area contributed by atoms with Crippen molar-refractivity contribution in [2.24, 2.45) is 15.3 Å². The van der Waals surface area contributed by atoms with E-state index in [0.29, 0.717) is 5.71 Å². The second-order valence-electron chi connectivity index (χ2n) is 6.22. The summed E-state index contributed by atoms with van der Waals surface area (Å²) in [5, 5.41) is 17.0. The lowest BCUT2D eigenvalue weighted by Crippen LogP contribution is -2.17. The van der Waals surface area contributed by atoms with E-state index in [1.165, 1.54) is 0 Å². The minimum atomic E-state index is 0.600. The summed E-state index contributed by atoms with van der Waals surface area (Å²) >= 11 is 0. The van der Waals surface area contributed by atoms with Crippen LogP contribution in [0.4, 0.5) is 17.1 Å². The Hall–Kier alpha value is -3.93. The third kappa shape index (κ3) is 6.32. The number of nitrogens with one attached hydrogen (secondary N) is 1. The molecule has 0 aliphatic rings. The van der Waals surface area contributed by atoms with Crippen LogP contribution >= 0.6 is 0 Å². The first-order valence-electron chi connectivity index (χ1n) is 9.26. The molecule has 0 amide bonds. The number of hydrogen-bond acceptors (Lipinski definition) is 6. The fourth-order valence-corrected chi connectivity index (χ4v) is 2.50. The summed E-state index contributed by atoms with van der Waals surface area (Å²) in [4.78, 5) is 0. The first-order chi connectivity index (χ1) is 14.2. The lowest BCUT2D eigenvalue weighted by molar-refractivity contribution is 1.02. The minimum absolute atomic E-state index is 0.600. The second-order valence-corrected chi connectivity index (χ2v) is 6.22. The molecule has 6 heteroatoms. The van der Waals surface area contributed by atoms with Gasteiger partial charge in [-0.25, -0.2) is 0 Å². The smallest absolute Gasteiger partial charge is 0.124 e. The van der Waals surface area contributed by atoms with Crippen molar-refractivity contribution in [2.75, 3.05) is 29.5 Å². The minimum Gasteiger partial charge on any atom is -0.278 e. The average Bonchev–Trinajstić information content (AvgIpc) is 2.79. The molecule has 0 spiro atoms. The highest BCUT2D eigenvalue weighted by Crippen LogP contribution is 2.12. The molecule has 29 heavy (non-hydrogen) atoms. The van der Waals surface area contributed by atoms with Crippen molar-refractivity contribution in [3.63, 3.8) is 0 Å². The van der Waals surface area contributed by atoms with Crippen molar-refractivity contribution in [2.45, 2.75) is 0 Å². The molecule has 0 saturated carbocycles. The predicted molar refractivity (Wildman–Crippen MR) is 124 cm³/mol. The van der Waals surface area contributed by atoms with Crippen LogP contribution in [0.15, 0.2) is 106 Å². The average molecular weight is 384 g/mol. The van der Waals surface area contributed by atoms with Gasteiger partial charge in [-0.05, 0) is 36.4 Å². The summed E-state index contributed by atoms with van der Waals surface area (Å²) < 4.78 is 0. The summed E-state index contributed by atoms with van der Waals surface area (Å²) in [5.74, 6) is 0. The Morgan fingerprint density at radius 2 is 1.21 bits per heavy atom. The van der Waals surface area contributed by atoms with Gasteiger partial charge >= 0.3 is 0 Å². The summed E-state index contributed by atoms with van der Waals surface area (Å²) in [6, 6.07) is 29.6. The Bertz CT molecular complexity index is 952.